The molecule has 1 aliphatic heterocycles. The van der Waals surface area contributed by atoms with Crippen LogP contribution in [0.2, 0.25) is 0 Å². The van der Waals surface area contributed by atoms with Gasteiger partial charge in [-0.25, -0.2) is 4.79 Å². The van der Waals surface area contributed by atoms with Crippen LogP contribution < -0.4 is 0 Å². The molecule has 4 rings (SSSR count). The van der Waals surface area contributed by atoms with E-state index in [1.54, 1.807) is 20.8 Å². The van der Waals surface area contributed by atoms with Gasteiger partial charge >= 0.3 is 17.6 Å². The molecule has 12 heteroatoms. The zero-order valence-corrected chi connectivity index (χ0v) is 23.2. The number of aliphatic hydroxyl groups excluding tert-OH is 2. The average molecular weight is 555 g/mol. The lowest BCUT2D eigenvalue weighted by molar-refractivity contribution is -0.345. The maximum absolute atomic E-state index is 14.6. The molecule has 0 amide bonds. The highest BCUT2D eigenvalue weighted by Gasteiger charge is 2.78. The summed E-state index contributed by atoms with van der Waals surface area (Å²) in [6.45, 7) is 8.36. The van der Waals surface area contributed by atoms with Crippen LogP contribution in [0.1, 0.15) is 54.4 Å². The smallest absolute Gasteiger partial charge is 0.355 e. The molecule has 0 aromatic heterocycles. The molecule has 4 aliphatic rings. The number of rotatable bonds is 4. The number of ether oxygens (including phenoxy) is 4. The summed E-state index contributed by atoms with van der Waals surface area (Å²) in [5, 5.41) is 35.2. The van der Waals surface area contributed by atoms with Crippen molar-refractivity contribution in [3.05, 3.63) is 11.1 Å². The number of hydrogen-bond acceptors (Lipinski definition) is 11. The van der Waals surface area contributed by atoms with Crippen molar-refractivity contribution in [1.82, 2.24) is 0 Å². The molecule has 3 aliphatic carbocycles. The zero-order chi connectivity index (χ0) is 28.6. The van der Waals surface area contributed by atoms with Gasteiger partial charge in [0.2, 0.25) is 0 Å². The summed E-state index contributed by atoms with van der Waals surface area (Å²) in [5.41, 5.74) is -7.24. The molecular formula is C26H35O11P. The number of Topliss-reactive ketones (excluding diaryl/α,β-unsaturated/α-hetero) is 1. The van der Waals surface area contributed by atoms with Crippen molar-refractivity contribution in [2.75, 3.05) is 6.61 Å². The summed E-state index contributed by atoms with van der Waals surface area (Å²) in [7, 11) is -0.0441. The molecule has 0 aromatic rings. The molecule has 3 N–H and O–H groups in total. The highest BCUT2D eigenvalue weighted by molar-refractivity contribution is 7.55. The Hall–Kier alpha value is -2.17. The van der Waals surface area contributed by atoms with Crippen LogP contribution in [0.15, 0.2) is 11.1 Å². The molecular weight excluding hydrogens is 519 g/mol. The highest BCUT2D eigenvalue weighted by atomic mass is 31.1. The second-order valence-electron chi connectivity index (χ2n) is 11.5. The summed E-state index contributed by atoms with van der Waals surface area (Å²) in [5.74, 6) is -3.55. The number of carbonyl (C=O) groups is 4. The van der Waals surface area contributed by atoms with Crippen LogP contribution in [0, 0.1) is 16.7 Å². The predicted molar refractivity (Wildman–Crippen MR) is 133 cm³/mol. The number of hydrogen-bond donors (Lipinski definition) is 3. The van der Waals surface area contributed by atoms with E-state index >= 15 is 0 Å². The molecule has 38 heavy (non-hydrogen) atoms. The lowest BCUT2D eigenvalue weighted by Crippen LogP contribution is -2.81. The molecule has 210 valence electrons. The SMILES string of the molecule is C=PC(=O)O[C@H]1C2[C@]3(OC(C)=O)COC3CC(O)[C@]2(C)C(=O)C(OC(C)=O)C2=C(C)[C@@H](O)CC1(O)C2(C)C. The van der Waals surface area contributed by atoms with Gasteiger partial charge in [-0.15, -0.1) is 0 Å². The maximum atomic E-state index is 14.6. The van der Waals surface area contributed by atoms with Gasteiger partial charge in [-0.05, 0) is 25.0 Å². The number of esters is 2. The molecule has 5 unspecified atom stereocenters. The van der Waals surface area contributed by atoms with Gasteiger partial charge < -0.3 is 34.3 Å². The molecule has 9 atom stereocenters. The van der Waals surface area contributed by atoms with Crippen LogP contribution in [0.4, 0.5) is 4.79 Å². The fraction of sp³-hybridized carbons (Fsp3) is 0.731. The fourth-order valence-corrected chi connectivity index (χ4v) is 7.48. The van der Waals surface area contributed by atoms with E-state index in [-0.39, 0.29) is 33.2 Å². The van der Waals surface area contributed by atoms with Gasteiger partial charge in [0.1, 0.15) is 17.8 Å². The Bertz CT molecular complexity index is 1130. The van der Waals surface area contributed by atoms with Crippen molar-refractivity contribution in [1.29, 1.82) is 0 Å². The first-order chi connectivity index (χ1) is 17.5. The minimum atomic E-state index is -2.07. The Labute approximate surface area is 222 Å². The molecule has 2 bridgehead atoms. The number of carbonyl (C=O) groups excluding carboxylic acids is 4. The third kappa shape index (κ3) is 3.73. The normalized spacial score (nSPS) is 43.6. The van der Waals surface area contributed by atoms with Crippen LogP contribution >= 0.6 is 8.20 Å². The van der Waals surface area contributed by atoms with Crippen molar-refractivity contribution < 1.29 is 53.4 Å². The van der Waals surface area contributed by atoms with E-state index in [0.717, 1.165) is 6.92 Å². The molecule has 0 radical (unpaired) electrons. The average Bonchev–Trinajstić information content (AvgIpc) is 2.80. The van der Waals surface area contributed by atoms with Crippen molar-refractivity contribution in [3.8, 4) is 0 Å². The van der Waals surface area contributed by atoms with Gasteiger partial charge in [0.05, 0.1) is 30.1 Å². The van der Waals surface area contributed by atoms with E-state index in [9.17, 15) is 34.5 Å². The monoisotopic (exact) mass is 554 g/mol. The Morgan fingerprint density at radius 3 is 2.24 bits per heavy atom. The Morgan fingerprint density at radius 2 is 1.74 bits per heavy atom. The van der Waals surface area contributed by atoms with E-state index in [1.807, 2.05) is 0 Å². The van der Waals surface area contributed by atoms with Gasteiger partial charge in [0.15, 0.2) is 17.5 Å². The number of aliphatic hydroxyl groups is 3. The van der Waals surface area contributed by atoms with E-state index in [1.165, 1.54) is 13.8 Å². The van der Waals surface area contributed by atoms with E-state index in [0.29, 0.717) is 5.57 Å². The first-order valence-corrected chi connectivity index (χ1v) is 13.6. The minimum Gasteiger partial charge on any atom is -0.454 e. The minimum absolute atomic E-state index is 0.0441. The molecule has 11 nitrogen and oxygen atoms in total. The molecule has 0 aromatic carbocycles. The van der Waals surface area contributed by atoms with E-state index in [2.05, 4.69) is 6.30 Å². The van der Waals surface area contributed by atoms with Crippen molar-refractivity contribution in [2.24, 2.45) is 16.7 Å². The van der Waals surface area contributed by atoms with Crippen LogP contribution in [0.25, 0.3) is 0 Å². The van der Waals surface area contributed by atoms with Crippen molar-refractivity contribution >= 4 is 37.9 Å². The first-order valence-electron chi connectivity index (χ1n) is 12.5. The van der Waals surface area contributed by atoms with Crippen LogP contribution in [-0.2, 0) is 33.3 Å². The topological polar surface area (TPSA) is 166 Å². The summed E-state index contributed by atoms with van der Waals surface area (Å²) >= 11 is 0. The largest absolute Gasteiger partial charge is 0.454 e. The molecule has 3 fully saturated rings. The van der Waals surface area contributed by atoms with Crippen LogP contribution in [0.5, 0.6) is 0 Å². The summed E-state index contributed by atoms with van der Waals surface area (Å²) < 4.78 is 23.0. The lowest BCUT2D eigenvalue weighted by Gasteiger charge is -2.67. The van der Waals surface area contributed by atoms with E-state index < -0.39 is 81.9 Å². The second-order valence-corrected chi connectivity index (χ2v) is 12.2. The van der Waals surface area contributed by atoms with Crippen molar-refractivity contribution in [3.63, 3.8) is 0 Å². The third-order valence-electron chi connectivity index (χ3n) is 9.32. The lowest BCUT2D eigenvalue weighted by atomic mass is 9.44. The molecule has 2 saturated carbocycles. The Balaban J connectivity index is 2.12. The van der Waals surface area contributed by atoms with Gasteiger partial charge in [-0.1, -0.05) is 20.1 Å². The predicted octanol–water partition coefficient (Wildman–Crippen LogP) is 1.31. The first kappa shape index (κ1) is 28.8. The highest BCUT2D eigenvalue weighted by Crippen LogP contribution is 2.64. The molecule has 0 spiro atoms. The van der Waals surface area contributed by atoms with Gasteiger partial charge in [0.25, 0.3) is 0 Å². The maximum Gasteiger partial charge on any atom is 0.355 e. The summed E-state index contributed by atoms with van der Waals surface area (Å²) in [6.07, 6.45) is -3.59. The number of fused-ring (bicyclic) bond motifs is 5. The summed E-state index contributed by atoms with van der Waals surface area (Å²) in [4.78, 5) is 52.0. The third-order valence-corrected chi connectivity index (χ3v) is 9.68. The van der Waals surface area contributed by atoms with Crippen LogP contribution in [-0.4, -0.2) is 93.4 Å². The Morgan fingerprint density at radius 1 is 1.11 bits per heavy atom. The van der Waals surface area contributed by atoms with Crippen LogP contribution in [0.3, 0.4) is 0 Å². The standard InChI is InChI=1S/C26H35O11P/c1-11-14(29)9-26(33)21(36-22(32)38-7)19-24(6,15(30)8-16-25(19,10-34-16)37-13(3)28)20(31)18(35-12(2)27)17(11)23(26,4)5/h14-16,18-19,21,29-30,33H,7-10H2,1-6H3/t14-,15?,16?,18?,19?,21-,24-,25-,26?/m0/s1. The summed E-state index contributed by atoms with van der Waals surface area (Å²) in [6, 6.07) is 0. The van der Waals surface area contributed by atoms with Gasteiger partial charge in [-0.3, -0.25) is 14.4 Å². The van der Waals surface area contributed by atoms with Gasteiger partial charge in [0, 0.05) is 40.3 Å². The van der Waals surface area contributed by atoms with Gasteiger partial charge in [-0.2, -0.15) is 0 Å². The quantitative estimate of drug-likeness (QED) is 0.198. The molecule has 1 heterocycles. The zero-order valence-electron chi connectivity index (χ0n) is 22.3. The van der Waals surface area contributed by atoms with Crippen molar-refractivity contribution in [2.45, 2.75) is 96.1 Å². The number of ketones is 1. The Kier molecular flexibility index (Phi) is 6.98. The van der Waals surface area contributed by atoms with E-state index in [4.69, 9.17) is 18.9 Å². The molecule has 1 saturated heterocycles. The fourth-order valence-electron chi connectivity index (χ4n) is 7.29. The second kappa shape index (κ2) is 9.20.